The lowest BCUT2D eigenvalue weighted by Gasteiger charge is -2.38. The van der Waals surface area contributed by atoms with E-state index in [9.17, 15) is 0 Å². The zero-order valence-electron chi connectivity index (χ0n) is 9.28. The summed E-state index contributed by atoms with van der Waals surface area (Å²) in [4.78, 5) is 2.52. The van der Waals surface area contributed by atoms with Crippen molar-refractivity contribution in [2.75, 3.05) is 26.2 Å². The molecule has 0 aromatic heterocycles. The number of rotatable bonds is 0. The Hall–Kier alpha value is -0.0800. The largest absolute Gasteiger partial charge is 0.314 e. The average Bonchev–Trinajstić information content (AvgIpc) is 2.08. The molecular weight excluding hydrogens is 160 g/mol. The van der Waals surface area contributed by atoms with E-state index in [0.717, 1.165) is 13.1 Å². The molecule has 0 saturated carbocycles. The van der Waals surface area contributed by atoms with Crippen molar-refractivity contribution in [3.05, 3.63) is 0 Å². The van der Waals surface area contributed by atoms with Gasteiger partial charge in [-0.1, -0.05) is 21.3 Å². The zero-order valence-corrected chi connectivity index (χ0v) is 9.28. The molecule has 13 heavy (non-hydrogen) atoms. The monoisotopic (exact) mass is 188 g/mol. The third-order valence-electron chi connectivity index (χ3n) is 2.07. The number of piperazine rings is 1. The molecule has 0 aromatic rings. The second-order valence-corrected chi connectivity index (χ2v) is 3.91. The van der Waals surface area contributed by atoms with E-state index in [1.165, 1.54) is 13.1 Å². The first-order valence-corrected chi connectivity index (χ1v) is 5.06. The first kappa shape index (κ1) is 15.4. The molecule has 0 spiro atoms. The molecule has 1 fully saturated rings. The van der Waals surface area contributed by atoms with Gasteiger partial charge < -0.3 is 5.32 Å². The Kier molecular flexibility index (Phi) is 8.69. The maximum Gasteiger partial charge on any atom is 0.0126 e. The van der Waals surface area contributed by atoms with Crippen LogP contribution in [0.1, 0.15) is 42.0 Å². The zero-order chi connectivity index (χ0) is 9.61. The van der Waals surface area contributed by atoms with Crippen LogP contribution in [0.2, 0.25) is 0 Å². The van der Waals surface area contributed by atoms with Gasteiger partial charge in [-0.3, -0.25) is 4.90 Å². The molecule has 0 radical (unpaired) electrons. The summed E-state index contributed by atoms with van der Waals surface area (Å²) in [7, 11) is 0. The van der Waals surface area contributed by atoms with E-state index in [2.05, 4.69) is 31.0 Å². The van der Waals surface area contributed by atoms with Crippen LogP contribution in [0.4, 0.5) is 0 Å². The van der Waals surface area contributed by atoms with Crippen LogP contribution >= 0.6 is 0 Å². The lowest BCUT2D eigenvalue weighted by atomic mass is 10.1. The van der Waals surface area contributed by atoms with Gasteiger partial charge in [0, 0.05) is 31.7 Å². The second-order valence-electron chi connectivity index (χ2n) is 3.91. The molecule has 1 saturated heterocycles. The number of nitrogens with zero attached hydrogens (tertiary/aromatic N) is 1. The minimum absolute atomic E-state index is 0. The molecule has 0 aromatic carbocycles. The summed E-state index contributed by atoms with van der Waals surface area (Å²) in [6, 6.07) is 0. The van der Waals surface area contributed by atoms with Gasteiger partial charge in [-0.15, -0.1) is 0 Å². The van der Waals surface area contributed by atoms with Crippen LogP contribution < -0.4 is 5.32 Å². The fraction of sp³-hybridized carbons (Fsp3) is 1.00. The van der Waals surface area contributed by atoms with Crippen LogP contribution in [0.3, 0.4) is 0 Å². The summed E-state index contributed by atoms with van der Waals surface area (Å²) in [6.45, 7) is 15.5. The predicted octanol–water partition coefficient (Wildman–Crippen LogP) is 2.35. The second kappa shape index (κ2) is 7.34. The van der Waals surface area contributed by atoms with E-state index in [-0.39, 0.29) is 7.43 Å². The first-order valence-electron chi connectivity index (χ1n) is 5.06. The van der Waals surface area contributed by atoms with Crippen molar-refractivity contribution in [1.82, 2.24) is 10.2 Å². The summed E-state index contributed by atoms with van der Waals surface area (Å²) in [5.41, 5.74) is 0.363. The fourth-order valence-corrected chi connectivity index (χ4v) is 1.34. The van der Waals surface area contributed by atoms with E-state index in [4.69, 9.17) is 0 Å². The van der Waals surface area contributed by atoms with Gasteiger partial charge in [0.15, 0.2) is 0 Å². The maximum atomic E-state index is 3.35. The van der Waals surface area contributed by atoms with Gasteiger partial charge >= 0.3 is 0 Å². The Bertz CT molecular complexity index is 99.1. The van der Waals surface area contributed by atoms with Crippen molar-refractivity contribution in [2.24, 2.45) is 0 Å². The van der Waals surface area contributed by atoms with E-state index < -0.39 is 0 Å². The van der Waals surface area contributed by atoms with Crippen molar-refractivity contribution >= 4 is 0 Å². The highest BCUT2D eigenvalue weighted by Crippen LogP contribution is 2.12. The summed E-state index contributed by atoms with van der Waals surface area (Å²) in [6.07, 6.45) is 0. The van der Waals surface area contributed by atoms with Crippen LogP contribution in [-0.2, 0) is 0 Å². The molecule has 1 aliphatic heterocycles. The minimum atomic E-state index is 0. The highest BCUT2D eigenvalue weighted by molar-refractivity contribution is 4.79. The molecule has 2 nitrogen and oxygen atoms in total. The molecule has 0 amide bonds. The Labute approximate surface area is 84.7 Å². The number of nitrogens with one attached hydrogen (secondary N) is 1. The minimum Gasteiger partial charge on any atom is -0.314 e. The quantitative estimate of drug-likeness (QED) is 0.628. The van der Waals surface area contributed by atoms with Crippen LogP contribution in [0.5, 0.6) is 0 Å². The average molecular weight is 188 g/mol. The molecule has 82 valence electrons. The molecule has 0 unspecified atom stereocenters. The van der Waals surface area contributed by atoms with Gasteiger partial charge in [-0.05, 0) is 20.8 Å². The van der Waals surface area contributed by atoms with Gasteiger partial charge in [-0.2, -0.15) is 0 Å². The molecule has 1 rings (SSSR count). The Morgan fingerprint density at radius 1 is 1.00 bits per heavy atom. The van der Waals surface area contributed by atoms with Crippen molar-refractivity contribution in [3.63, 3.8) is 0 Å². The summed E-state index contributed by atoms with van der Waals surface area (Å²) < 4.78 is 0. The van der Waals surface area contributed by atoms with E-state index >= 15 is 0 Å². The van der Waals surface area contributed by atoms with Crippen molar-refractivity contribution in [3.8, 4) is 0 Å². The van der Waals surface area contributed by atoms with Crippen LogP contribution in [-0.4, -0.2) is 36.6 Å². The van der Waals surface area contributed by atoms with Gasteiger partial charge in [0.25, 0.3) is 0 Å². The molecule has 1 heterocycles. The SMILES string of the molecule is C.CC.CC(C)(C)N1CCNCC1. The first-order chi connectivity index (χ1) is 5.61. The normalized spacial score (nSPS) is 18.2. The maximum absolute atomic E-state index is 3.35. The summed E-state index contributed by atoms with van der Waals surface area (Å²) in [5, 5.41) is 3.35. The van der Waals surface area contributed by atoms with Crippen molar-refractivity contribution < 1.29 is 0 Å². The van der Waals surface area contributed by atoms with Crippen LogP contribution in [0, 0.1) is 0 Å². The smallest absolute Gasteiger partial charge is 0.0126 e. The van der Waals surface area contributed by atoms with Gasteiger partial charge in [0.1, 0.15) is 0 Å². The molecule has 0 atom stereocenters. The molecule has 1 N–H and O–H groups in total. The number of hydrogen-bond acceptors (Lipinski definition) is 2. The Morgan fingerprint density at radius 2 is 1.38 bits per heavy atom. The molecule has 0 aliphatic carbocycles. The molecule has 0 bridgehead atoms. The van der Waals surface area contributed by atoms with Gasteiger partial charge in [0.2, 0.25) is 0 Å². The lowest BCUT2D eigenvalue weighted by molar-refractivity contribution is 0.119. The van der Waals surface area contributed by atoms with Crippen LogP contribution in [0.25, 0.3) is 0 Å². The van der Waals surface area contributed by atoms with Gasteiger partial charge in [0.05, 0.1) is 0 Å². The van der Waals surface area contributed by atoms with Crippen molar-refractivity contribution in [2.45, 2.75) is 47.6 Å². The highest BCUT2D eigenvalue weighted by atomic mass is 15.2. The topological polar surface area (TPSA) is 15.3 Å². The Balaban J connectivity index is 0. The highest BCUT2D eigenvalue weighted by Gasteiger charge is 2.21. The van der Waals surface area contributed by atoms with E-state index in [1.54, 1.807) is 0 Å². The third kappa shape index (κ3) is 6.05. The van der Waals surface area contributed by atoms with Crippen molar-refractivity contribution in [1.29, 1.82) is 0 Å². The standard InChI is InChI=1S/C8H18N2.C2H6.CH4/c1-8(2,3)10-6-4-9-5-7-10;1-2;/h9H,4-7H2,1-3H3;1-2H3;1H4. The van der Waals surface area contributed by atoms with Gasteiger partial charge in [-0.25, -0.2) is 0 Å². The fourth-order valence-electron chi connectivity index (χ4n) is 1.34. The molecule has 1 aliphatic rings. The van der Waals surface area contributed by atoms with E-state index in [0.29, 0.717) is 5.54 Å². The van der Waals surface area contributed by atoms with E-state index in [1.807, 2.05) is 13.8 Å². The Morgan fingerprint density at radius 3 is 1.62 bits per heavy atom. The number of hydrogen-bond donors (Lipinski definition) is 1. The lowest BCUT2D eigenvalue weighted by Crippen LogP contribution is -2.51. The summed E-state index contributed by atoms with van der Waals surface area (Å²) >= 11 is 0. The molecular formula is C11H28N2. The van der Waals surface area contributed by atoms with Crippen LogP contribution in [0.15, 0.2) is 0 Å². The summed E-state index contributed by atoms with van der Waals surface area (Å²) in [5.74, 6) is 0. The third-order valence-corrected chi connectivity index (χ3v) is 2.07. The predicted molar refractivity (Wildman–Crippen MR) is 62.3 cm³/mol. The molecule has 2 heteroatoms.